The molecule has 0 aliphatic carbocycles. The normalized spacial score (nSPS) is 20.3. The molecule has 0 aromatic heterocycles. The van der Waals surface area contributed by atoms with Crippen LogP contribution in [0, 0.1) is 0 Å². The van der Waals surface area contributed by atoms with Crippen LogP contribution in [0.15, 0.2) is 29.2 Å². The molecule has 0 spiro atoms. The fourth-order valence-electron chi connectivity index (χ4n) is 2.92. The van der Waals surface area contributed by atoms with E-state index < -0.39 is 0 Å². The molecule has 1 unspecified atom stereocenters. The second kappa shape index (κ2) is 7.25. The molecule has 1 saturated heterocycles. The number of amides is 3. The van der Waals surface area contributed by atoms with Gasteiger partial charge in [0, 0.05) is 36.2 Å². The number of nitrogens with zero attached hydrogens (tertiary/aromatic N) is 2. The molecule has 2 aliphatic rings. The first-order valence-electron chi connectivity index (χ1n) is 8.03. The third kappa shape index (κ3) is 3.56. The number of likely N-dealkylation sites (N-methyl/N-ethyl adjacent to an activating group) is 1. The number of thioether (sulfide) groups is 1. The Morgan fingerprint density at radius 1 is 1.33 bits per heavy atom. The molecule has 6 nitrogen and oxygen atoms in total. The summed E-state index contributed by atoms with van der Waals surface area (Å²) >= 11 is 1.78. The van der Waals surface area contributed by atoms with Gasteiger partial charge in [0.1, 0.15) is 12.6 Å². The van der Waals surface area contributed by atoms with Crippen LogP contribution >= 0.6 is 11.8 Å². The van der Waals surface area contributed by atoms with Crippen molar-refractivity contribution in [3.05, 3.63) is 29.8 Å². The van der Waals surface area contributed by atoms with Crippen LogP contribution < -0.4 is 0 Å². The molecule has 0 N–H and O–H groups in total. The van der Waals surface area contributed by atoms with Gasteiger partial charge in [-0.1, -0.05) is 18.2 Å². The maximum Gasteiger partial charge on any atom is 0.326 e. The van der Waals surface area contributed by atoms with Crippen molar-refractivity contribution in [2.45, 2.75) is 30.3 Å². The van der Waals surface area contributed by atoms with Gasteiger partial charge in [-0.05, 0) is 18.9 Å². The Kier molecular flexibility index (Phi) is 5.08. The molecule has 2 aliphatic heterocycles. The zero-order valence-electron chi connectivity index (χ0n) is 13.6. The molecule has 1 aromatic carbocycles. The molecular formula is C17H20N2O4S. The number of hydrogen-bond donors (Lipinski definition) is 0. The zero-order chi connectivity index (χ0) is 17.1. The maximum atomic E-state index is 12.1. The first-order chi connectivity index (χ1) is 11.6. The average Bonchev–Trinajstić information content (AvgIpc) is 2.81. The highest BCUT2D eigenvalue weighted by Crippen LogP contribution is 2.38. The van der Waals surface area contributed by atoms with Crippen molar-refractivity contribution in [2.24, 2.45) is 0 Å². The summed E-state index contributed by atoms with van der Waals surface area (Å²) in [6.45, 7) is 0.369. The van der Waals surface area contributed by atoms with E-state index in [9.17, 15) is 14.4 Å². The van der Waals surface area contributed by atoms with Crippen LogP contribution in [0.1, 0.15) is 30.9 Å². The molecule has 24 heavy (non-hydrogen) atoms. The van der Waals surface area contributed by atoms with E-state index in [1.54, 1.807) is 18.8 Å². The highest BCUT2D eigenvalue weighted by atomic mass is 32.2. The van der Waals surface area contributed by atoms with Crippen molar-refractivity contribution in [2.75, 3.05) is 25.9 Å². The molecule has 3 amide bonds. The summed E-state index contributed by atoms with van der Waals surface area (Å²) in [7, 11) is 1.59. The molecule has 0 radical (unpaired) electrons. The SMILES string of the molecule is CN1CC(=O)N(CCCC(=O)OC2CCSc3ccccc32)C1=O. The van der Waals surface area contributed by atoms with E-state index in [-0.39, 0.29) is 43.5 Å². The van der Waals surface area contributed by atoms with Crippen molar-refractivity contribution in [1.82, 2.24) is 9.80 Å². The van der Waals surface area contributed by atoms with E-state index in [4.69, 9.17) is 4.74 Å². The topological polar surface area (TPSA) is 66.9 Å². The van der Waals surface area contributed by atoms with Gasteiger partial charge in [0.25, 0.3) is 0 Å². The standard InChI is InChI=1S/C17H20N2O4S/c1-18-11-15(20)19(17(18)22)9-4-7-16(21)23-13-8-10-24-14-6-3-2-5-12(13)14/h2-3,5-6,13H,4,7-11H2,1H3. The fraction of sp³-hybridized carbons (Fsp3) is 0.471. The van der Waals surface area contributed by atoms with Gasteiger partial charge >= 0.3 is 12.0 Å². The summed E-state index contributed by atoms with van der Waals surface area (Å²) in [6, 6.07) is 7.67. The van der Waals surface area contributed by atoms with Crippen LogP contribution in [0.3, 0.4) is 0 Å². The Morgan fingerprint density at radius 2 is 2.12 bits per heavy atom. The van der Waals surface area contributed by atoms with Gasteiger partial charge in [-0.15, -0.1) is 11.8 Å². The molecule has 2 heterocycles. The molecule has 1 atom stereocenters. The number of hydrogen-bond acceptors (Lipinski definition) is 5. The second-order valence-corrected chi connectivity index (χ2v) is 7.08. The number of carbonyl (C=O) groups excluding carboxylic acids is 3. The Morgan fingerprint density at radius 3 is 2.88 bits per heavy atom. The minimum absolute atomic E-state index is 0.111. The number of esters is 1. The second-order valence-electron chi connectivity index (χ2n) is 5.94. The van der Waals surface area contributed by atoms with Crippen molar-refractivity contribution in [3.8, 4) is 0 Å². The van der Waals surface area contributed by atoms with Crippen LogP contribution in [0.4, 0.5) is 4.79 Å². The third-order valence-electron chi connectivity index (χ3n) is 4.17. The number of imide groups is 1. The largest absolute Gasteiger partial charge is 0.457 e. The van der Waals surface area contributed by atoms with E-state index in [1.165, 1.54) is 9.80 Å². The van der Waals surface area contributed by atoms with Gasteiger partial charge < -0.3 is 9.64 Å². The minimum Gasteiger partial charge on any atom is -0.457 e. The molecule has 3 rings (SSSR count). The van der Waals surface area contributed by atoms with E-state index in [2.05, 4.69) is 0 Å². The molecule has 0 saturated carbocycles. The Balaban J connectivity index is 1.49. The number of benzene rings is 1. The monoisotopic (exact) mass is 348 g/mol. The van der Waals surface area contributed by atoms with Crippen LogP contribution in [-0.4, -0.2) is 53.6 Å². The molecule has 7 heteroatoms. The maximum absolute atomic E-state index is 12.1. The van der Waals surface area contributed by atoms with Crippen LogP contribution in [-0.2, 0) is 14.3 Å². The smallest absolute Gasteiger partial charge is 0.326 e. The molecular weight excluding hydrogens is 328 g/mol. The van der Waals surface area contributed by atoms with Crippen molar-refractivity contribution < 1.29 is 19.1 Å². The number of carbonyl (C=O) groups is 3. The summed E-state index contributed by atoms with van der Waals surface area (Å²) in [5.74, 6) is 0.432. The van der Waals surface area contributed by atoms with Crippen molar-refractivity contribution >= 4 is 29.7 Å². The van der Waals surface area contributed by atoms with Gasteiger partial charge in [-0.25, -0.2) is 4.79 Å². The van der Waals surface area contributed by atoms with E-state index >= 15 is 0 Å². The van der Waals surface area contributed by atoms with Crippen molar-refractivity contribution in [1.29, 1.82) is 0 Å². The van der Waals surface area contributed by atoms with E-state index in [1.807, 2.05) is 24.3 Å². The highest BCUT2D eigenvalue weighted by molar-refractivity contribution is 7.99. The van der Waals surface area contributed by atoms with Crippen LogP contribution in [0.25, 0.3) is 0 Å². The van der Waals surface area contributed by atoms with Gasteiger partial charge in [-0.3, -0.25) is 14.5 Å². The van der Waals surface area contributed by atoms with Gasteiger partial charge in [0.15, 0.2) is 0 Å². The predicted octanol–water partition coefficient (Wildman–Crippen LogP) is 2.44. The number of urea groups is 1. The number of ether oxygens (including phenoxy) is 1. The van der Waals surface area contributed by atoms with Crippen LogP contribution in [0.5, 0.6) is 0 Å². The van der Waals surface area contributed by atoms with Crippen LogP contribution in [0.2, 0.25) is 0 Å². The highest BCUT2D eigenvalue weighted by Gasteiger charge is 2.33. The average molecular weight is 348 g/mol. The predicted molar refractivity (Wildman–Crippen MR) is 89.6 cm³/mol. The number of fused-ring (bicyclic) bond motifs is 1. The fourth-order valence-corrected chi connectivity index (χ4v) is 4.01. The summed E-state index contributed by atoms with van der Waals surface area (Å²) in [5, 5.41) is 0. The lowest BCUT2D eigenvalue weighted by molar-refractivity contribution is -0.150. The molecule has 1 fully saturated rings. The number of rotatable bonds is 5. The summed E-state index contributed by atoms with van der Waals surface area (Å²) < 4.78 is 5.61. The van der Waals surface area contributed by atoms with Gasteiger partial charge in [0.05, 0.1) is 0 Å². The molecule has 0 bridgehead atoms. The van der Waals surface area contributed by atoms with Gasteiger partial charge in [0.2, 0.25) is 5.91 Å². The summed E-state index contributed by atoms with van der Waals surface area (Å²) in [6.07, 6.45) is 1.23. The zero-order valence-corrected chi connectivity index (χ0v) is 14.4. The summed E-state index contributed by atoms with van der Waals surface area (Å²) in [4.78, 5) is 39.3. The quantitative estimate of drug-likeness (QED) is 0.604. The van der Waals surface area contributed by atoms with Gasteiger partial charge in [-0.2, -0.15) is 0 Å². The first kappa shape index (κ1) is 16.8. The lowest BCUT2D eigenvalue weighted by Gasteiger charge is -2.25. The van der Waals surface area contributed by atoms with Crippen molar-refractivity contribution in [3.63, 3.8) is 0 Å². The molecule has 1 aromatic rings. The third-order valence-corrected chi connectivity index (χ3v) is 5.29. The Bertz CT molecular complexity index is 664. The lowest BCUT2D eigenvalue weighted by atomic mass is 10.1. The first-order valence-corrected chi connectivity index (χ1v) is 9.01. The van der Waals surface area contributed by atoms with E-state index in [0.29, 0.717) is 6.42 Å². The molecule has 128 valence electrons. The summed E-state index contributed by atoms with van der Waals surface area (Å²) in [5.41, 5.74) is 1.06. The van der Waals surface area contributed by atoms with E-state index in [0.717, 1.165) is 22.6 Å². The minimum atomic E-state index is -0.299. The Hall–Kier alpha value is -2.02. The lowest BCUT2D eigenvalue weighted by Crippen LogP contribution is -2.32. The Labute approximate surface area is 145 Å².